The van der Waals surface area contributed by atoms with Gasteiger partial charge in [0.05, 0.1) is 19.8 Å². The molecule has 0 saturated carbocycles. The van der Waals surface area contributed by atoms with E-state index >= 15 is 0 Å². The zero-order chi connectivity index (χ0) is 14.7. The monoisotopic (exact) mass is 280 g/mol. The van der Waals surface area contributed by atoms with Crippen LogP contribution in [0.3, 0.4) is 0 Å². The van der Waals surface area contributed by atoms with Crippen LogP contribution in [0.15, 0.2) is 36.4 Å². The Kier molecular flexibility index (Phi) is 4.20. The number of hydrogen-bond donors (Lipinski definition) is 1. The highest BCUT2D eigenvalue weighted by atomic mass is 19.1. The molecule has 20 heavy (non-hydrogen) atoms. The van der Waals surface area contributed by atoms with Gasteiger partial charge in [0.15, 0.2) is 0 Å². The molecule has 106 valence electrons. The minimum Gasteiger partial charge on any atom is -0.497 e. The standard InChI is InChI=1S/C15H14F2O3/c1-19-10-5-3-9(4-6-10)15(18)14-12(16)7-11(20-2)8-13(14)17/h3-8,15,18H,1-2H3. The van der Waals surface area contributed by atoms with Crippen LogP contribution < -0.4 is 9.47 Å². The van der Waals surface area contributed by atoms with Crippen LogP contribution in [0.1, 0.15) is 17.2 Å². The first kappa shape index (κ1) is 14.3. The third-order valence-corrected chi connectivity index (χ3v) is 2.99. The van der Waals surface area contributed by atoms with E-state index in [4.69, 9.17) is 9.47 Å². The normalized spacial score (nSPS) is 12.1. The van der Waals surface area contributed by atoms with E-state index in [0.29, 0.717) is 11.3 Å². The summed E-state index contributed by atoms with van der Waals surface area (Å²) in [7, 11) is 2.82. The minimum absolute atomic E-state index is 0.0608. The van der Waals surface area contributed by atoms with Crippen molar-refractivity contribution in [3.63, 3.8) is 0 Å². The summed E-state index contributed by atoms with van der Waals surface area (Å²) in [4.78, 5) is 0. The first-order valence-corrected chi connectivity index (χ1v) is 5.91. The van der Waals surface area contributed by atoms with Crippen LogP contribution >= 0.6 is 0 Å². The molecule has 0 radical (unpaired) electrons. The van der Waals surface area contributed by atoms with Crippen molar-refractivity contribution in [3.8, 4) is 11.5 Å². The average molecular weight is 280 g/mol. The fourth-order valence-corrected chi connectivity index (χ4v) is 1.89. The lowest BCUT2D eigenvalue weighted by Crippen LogP contribution is -2.06. The van der Waals surface area contributed by atoms with E-state index in [1.165, 1.54) is 14.2 Å². The number of methoxy groups -OCH3 is 2. The molecule has 0 spiro atoms. The average Bonchev–Trinajstić information content (AvgIpc) is 2.46. The van der Waals surface area contributed by atoms with Crippen LogP contribution in [-0.4, -0.2) is 19.3 Å². The van der Waals surface area contributed by atoms with E-state index in [-0.39, 0.29) is 5.75 Å². The van der Waals surface area contributed by atoms with Gasteiger partial charge in [-0.2, -0.15) is 0 Å². The summed E-state index contributed by atoms with van der Waals surface area (Å²) in [6.07, 6.45) is -1.40. The number of hydrogen-bond acceptors (Lipinski definition) is 3. The molecule has 0 aliphatic heterocycles. The first-order valence-electron chi connectivity index (χ1n) is 5.91. The van der Waals surface area contributed by atoms with E-state index < -0.39 is 23.3 Å². The Morgan fingerprint density at radius 1 is 0.900 bits per heavy atom. The number of ether oxygens (including phenoxy) is 2. The zero-order valence-corrected chi connectivity index (χ0v) is 11.1. The van der Waals surface area contributed by atoms with Crippen molar-refractivity contribution >= 4 is 0 Å². The molecule has 3 nitrogen and oxygen atoms in total. The molecule has 1 atom stereocenters. The van der Waals surface area contributed by atoms with Gasteiger partial charge in [0.1, 0.15) is 29.2 Å². The summed E-state index contributed by atoms with van der Waals surface area (Å²) in [6.45, 7) is 0. The van der Waals surface area contributed by atoms with E-state index in [0.717, 1.165) is 12.1 Å². The molecule has 5 heteroatoms. The molecule has 0 bridgehead atoms. The molecule has 1 N–H and O–H groups in total. The molecule has 0 fully saturated rings. The summed E-state index contributed by atoms with van der Waals surface area (Å²) < 4.78 is 37.5. The van der Waals surface area contributed by atoms with Gasteiger partial charge in [-0.1, -0.05) is 12.1 Å². The van der Waals surface area contributed by atoms with Gasteiger partial charge in [0, 0.05) is 12.1 Å². The highest BCUT2D eigenvalue weighted by molar-refractivity contribution is 5.38. The lowest BCUT2D eigenvalue weighted by Gasteiger charge is -2.14. The van der Waals surface area contributed by atoms with Crippen LogP contribution in [0, 0.1) is 11.6 Å². The topological polar surface area (TPSA) is 38.7 Å². The van der Waals surface area contributed by atoms with Crippen molar-refractivity contribution in [2.24, 2.45) is 0 Å². The van der Waals surface area contributed by atoms with Crippen LogP contribution in [0.25, 0.3) is 0 Å². The molecule has 0 aliphatic carbocycles. The number of halogens is 2. The largest absolute Gasteiger partial charge is 0.497 e. The van der Waals surface area contributed by atoms with Gasteiger partial charge in [-0.3, -0.25) is 0 Å². The fraction of sp³-hybridized carbons (Fsp3) is 0.200. The highest BCUT2D eigenvalue weighted by Crippen LogP contribution is 2.30. The summed E-state index contributed by atoms with van der Waals surface area (Å²) in [6, 6.07) is 8.38. The molecule has 0 saturated heterocycles. The summed E-state index contributed by atoms with van der Waals surface area (Å²) in [5.74, 6) is -1.06. The molecule has 0 aromatic heterocycles. The van der Waals surface area contributed by atoms with Gasteiger partial charge in [0.25, 0.3) is 0 Å². The number of rotatable bonds is 4. The van der Waals surface area contributed by atoms with Crippen molar-refractivity contribution < 1.29 is 23.4 Å². The molecule has 1 unspecified atom stereocenters. The third kappa shape index (κ3) is 2.72. The van der Waals surface area contributed by atoms with Gasteiger partial charge < -0.3 is 14.6 Å². The van der Waals surface area contributed by atoms with Crippen LogP contribution in [-0.2, 0) is 0 Å². The van der Waals surface area contributed by atoms with E-state index in [2.05, 4.69) is 0 Å². The zero-order valence-electron chi connectivity index (χ0n) is 11.1. The minimum atomic E-state index is -1.40. The fourth-order valence-electron chi connectivity index (χ4n) is 1.89. The van der Waals surface area contributed by atoms with Gasteiger partial charge in [0.2, 0.25) is 0 Å². The summed E-state index contributed by atoms with van der Waals surface area (Å²) in [5, 5.41) is 10.1. The number of aliphatic hydroxyl groups is 1. The SMILES string of the molecule is COc1ccc(C(O)c2c(F)cc(OC)cc2F)cc1. The van der Waals surface area contributed by atoms with Gasteiger partial charge in [-0.25, -0.2) is 8.78 Å². The smallest absolute Gasteiger partial charge is 0.135 e. The quantitative estimate of drug-likeness (QED) is 0.935. The first-order chi connectivity index (χ1) is 9.56. The lowest BCUT2D eigenvalue weighted by atomic mass is 10.00. The van der Waals surface area contributed by atoms with E-state index in [1.54, 1.807) is 24.3 Å². The lowest BCUT2D eigenvalue weighted by molar-refractivity contribution is 0.208. The van der Waals surface area contributed by atoms with Crippen molar-refractivity contribution in [1.82, 2.24) is 0 Å². The Bertz CT molecular complexity index is 574. The van der Waals surface area contributed by atoms with Gasteiger partial charge in [-0.15, -0.1) is 0 Å². The van der Waals surface area contributed by atoms with Gasteiger partial charge >= 0.3 is 0 Å². The molecule has 0 heterocycles. The molecular formula is C15H14F2O3. The predicted molar refractivity (Wildman–Crippen MR) is 70.0 cm³/mol. The molecule has 0 amide bonds. The Morgan fingerprint density at radius 3 is 1.85 bits per heavy atom. The predicted octanol–water partition coefficient (Wildman–Crippen LogP) is 3.06. The third-order valence-electron chi connectivity index (χ3n) is 2.99. The van der Waals surface area contributed by atoms with Crippen molar-refractivity contribution in [3.05, 3.63) is 59.2 Å². The molecule has 0 aliphatic rings. The van der Waals surface area contributed by atoms with Crippen LogP contribution in [0.2, 0.25) is 0 Å². The second-order valence-electron chi connectivity index (χ2n) is 4.18. The van der Waals surface area contributed by atoms with E-state index in [9.17, 15) is 13.9 Å². The van der Waals surface area contributed by atoms with Crippen molar-refractivity contribution in [2.75, 3.05) is 14.2 Å². The van der Waals surface area contributed by atoms with Gasteiger partial charge in [-0.05, 0) is 17.7 Å². The Balaban J connectivity index is 2.39. The number of benzene rings is 2. The Labute approximate surface area is 115 Å². The maximum atomic E-state index is 13.9. The maximum absolute atomic E-state index is 13.9. The molecular weight excluding hydrogens is 266 g/mol. The van der Waals surface area contributed by atoms with Crippen LogP contribution in [0.5, 0.6) is 11.5 Å². The summed E-state index contributed by atoms with van der Waals surface area (Å²) >= 11 is 0. The highest BCUT2D eigenvalue weighted by Gasteiger charge is 2.21. The maximum Gasteiger partial charge on any atom is 0.135 e. The molecule has 2 aromatic carbocycles. The number of aliphatic hydroxyl groups excluding tert-OH is 1. The Morgan fingerprint density at radius 2 is 1.40 bits per heavy atom. The molecule has 2 aromatic rings. The summed E-state index contributed by atoms with van der Waals surface area (Å²) in [5.41, 5.74) is -0.0373. The second-order valence-corrected chi connectivity index (χ2v) is 4.18. The van der Waals surface area contributed by atoms with Crippen LogP contribution in [0.4, 0.5) is 8.78 Å². The van der Waals surface area contributed by atoms with Crippen molar-refractivity contribution in [2.45, 2.75) is 6.10 Å². The molecule has 2 rings (SSSR count). The Hall–Kier alpha value is -2.14. The van der Waals surface area contributed by atoms with E-state index in [1.807, 2.05) is 0 Å². The second kappa shape index (κ2) is 5.88. The van der Waals surface area contributed by atoms with Crippen molar-refractivity contribution in [1.29, 1.82) is 0 Å².